The standard InChI is InChI=1S/C7H9BrN2O2S/c1-10(13(9,11)12)7-4-2-3-6(8)5-7/h2-5H,1H3,(H2,9,11,12). The molecule has 0 radical (unpaired) electrons. The average Bonchev–Trinajstić information content (AvgIpc) is 2.01. The van der Waals surface area contributed by atoms with Gasteiger partial charge in [0.05, 0.1) is 5.69 Å². The van der Waals surface area contributed by atoms with Crippen molar-refractivity contribution < 1.29 is 8.42 Å². The number of nitrogens with two attached hydrogens (primary N) is 1. The molecule has 1 aromatic carbocycles. The van der Waals surface area contributed by atoms with Crippen LogP contribution in [0.25, 0.3) is 0 Å². The highest BCUT2D eigenvalue weighted by Crippen LogP contribution is 2.19. The Morgan fingerprint density at radius 3 is 2.54 bits per heavy atom. The van der Waals surface area contributed by atoms with Gasteiger partial charge in [-0.3, -0.25) is 4.31 Å². The minimum absolute atomic E-state index is 0.525. The highest BCUT2D eigenvalue weighted by molar-refractivity contribution is 9.10. The van der Waals surface area contributed by atoms with Gasteiger partial charge in [0.1, 0.15) is 0 Å². The smallest absolute Gasteiger partial charge is 0.261 e. The van der Waals surface area contributed by atoms with Crippen LogP contribution in [0.15, 0.2) is 28.7 Å². The van der Waals surface area contributed by atoms with E-state index in [2.05, 4.69) is 15.9 Å². The molecule has 0 saturated heterocycles. The van der Waals surface area contributed by atoms with Crippen molar-refractivity contribution in [2.75, 3.05) is 11.4 Å². The normalized spacial score (nSPS) is 11.3. The van der Waals surface area contributed by atoms with Gasteiger partial charge in [-0.05, 0) is 18.2 Å². The van der Waals surface area contributed by atoms with Crippen LogP contribution in [0.2, 0.25) is 0 Å². The van der Waals surface area contributed by atoms with E-state index in [1.54, 1.807) is 24.3 Å². The maximum absolute atomic E-state index is 10.9. The lowest BCUT2D eigenvalue weighted by Crippen LogP contribution is -2.32. The van der Waals surface area contributed by atoms with Crippen molar-refractivity contribution in [3.63, 3.8) is 0 Å². The summed E-state index contributed by atoms with van der Waals surface area (Å²) < 4.78 is 23.7. The first-order valence-electron chi connectivity index (χ1n) is 3.43. The molecule has 6 heteroatoms. The molecule has 0 aliphatic rings. The first kappa shape index (κ1) is 10.5. The van der Waals surface area contributed by atoms with Crippen LogP contribution < -0.4 is 9.44 Å². The summed E-state index contributed by atoms with van der Waals surface area (Å²) in [6, 6.07) is 6.88. The van der Waals surface area contributed by atoms with Crippen molar-refractivity contribution in [1.29, 1.82) is 0 Å². The van der Waals surface area contributed by atoms with Crippen LogP contribution in [0.3, 0.4) is 0 Å². The Labute approximate surface area is 85.7 Å². The van der Waals surface area contributed by atoms with Gasteiger partial charge < -0.3 is 0 Å². The third-order valence-electron chi connectivity index (χ3n) is 1.55. The topological polar surface area (TPSA) is 63.4 Å². The van der Waals surface area contributed by atoms with Crippen LogP contribution >= 0.6 is 15.9 Å². The fraction of sp³-hybridized carbons (Fsp3) is 0.143. The van der Waals surface area contributed by atoms with Gasteiger partial charge in [-0.25, -0.2) is 5.14 Å². The van der Waals surface area contributed by atoms with Gasteiger partial charge in [-0.15, -0.1) is 0 Å². The third-order valence-corrected chi connectivity index (χ3v) is 3.02. The van der Waals surface area contributed by atoms with Gasteiger partial charge in [0, 0.05) is 11.5 Å². The third kappa shape index (κ3) is 2.68. The number of rotatable bonds is 2. The Kier molecular flexibility index (Phi) is 2.94. The van der Waals surface area contributed by atoms with Gasteiger partial charge in [-0.1, -0.05) is 22.0 Å². The maximum atomic E-state index is 10.9. The fourth-order valence-electron chi connectivity index (χ4n) is 0.819. The van der Waals surface area contributed by atoms with Crippen molar-refractivity contribution in [1.82, 2.24) is 0 Å². The molecule has 0 atom stereocenters. The van der Waals surface area contributed by atoms with Gasteiger partial charge in [0.25, 0.3) is 10.2 Å². The monoisotopic (exact) mass is 264 g/mol. The molecule has 0 fully saturated rings. The highest BCUT2D eigenvalue weighted by atomic mass is 79.9. The minimum Gasteiger partial charge on any atom is -0.261 e. The summed E-state index contributed by atoms with van der Waals surface area (Å²) >= 11 is 3.23. The van der Waals surface area contributed by atoms with Gasteiger partial charge >= 0.3 is 0 Å². The summed E-state index contributed by atoms with van der Waals surface area (Å²) in [6.45, 7) is 0. The van der Waals surface area contributed by atoms with Gasteiger partial charge in [0.15, 0.2) is 0 Å². The Morgan fingerprint density at radius 1 is 1.46 bits per heavy atom. The van der Waals surface area contributed by atoms with Crippen molar-refractivity contribution in [2.24, 2.45) is 5.14 Å². The SMILES string of the molecule is CN(c1cccc(Br)c1)S(N)(=O)=O. The first-order chi connectivity index (χ1) is 5.91. The molecule has 1 rings (SSSR count). The Bertz CT molecular complexity index is 405. The summed E-state index contributed by atoms with van der Waals surface area (Å²) in [5.41, 5.74) is 0.525. The summed E-state index contributed by atoms with van der Waals surface area (Å²) in [5, 5.41) is 4.94. The van der Waals surface area contributed by atoms with Crippen LogP contribution in [-0.4, -0.2) is 15.5 Å². The largest absolute Gasteiger partial charge is 0.298 e. The molecular formula is C7H9BrN2O2S. The van der Waals surface area contributed by atoms with E-state index in [4.69, 9.17) is 5.14 Å². The molecule has 0 unspecified atom stereocenters. The summed E-state index contributed by atoms with van der Waals surface area (Å²) in [5.74, 6) is 0. The lowest BCUT2D eigenvalue weighted by molar-refractivity contribution is 0.596. The molecule has 0 aromatic heterocycles. The number of halogens is 1. The molecule has 4 nitrogen and oxygen atoms in total. The molecule has 0 saturated carbocycles. The van der Waals surface area contributed by atoms with E-state index >= 15 is 0 Å². The van der Waals surface area contributed by atoms with E-state index in [0.717, 1.165) is 8.78 Å². The molecular weight excluding hydrogens is 256 g/mol. The molecule has 2 N–H and O–H groups in total. The van der Waals surface area contributed by atoms with Crippen molar-refractivity contribution in [3.05, 3.63) is 28.7 Å². The molecule has 0 aliphatic heterocycles. The van der Waals surface area contributed by atoms with E-state index in [1.165, 1.54) is 7.05 Å². The lowest BCUT2D eigenvalue weighted by Gasteiger charge is -2.15. The maximum Gasteiger partial charge on any atom is 0.298 e. The number of benzene rings is 1. The van der Waals surface area contributed by atoms with Crippen LogP contribution in [0.5, 0.6) is 0 Å². The van der Waals surface area contributed by atoms with Crippen molar-refractivity contribution in [2.45, 2.75) is 0 Å². The molecule has 0 amide bonds. The zero-order valence-corrected chi connectivity index (χ0v) is 9.34. The number of nitrogens with zero attached hydrogens (tertiary/aromatic N) is 1. The van der Waals surface area contributed by atoms with Crippen LogP contribution in [0, 0.1) is 0 Å². The van der Waals surface area contributed by atoms with Gasteiger partial charge in [0.2, 0.25) is 0 Å². The van der Waals surface area contributed by atoms with Crippen molar-refractivity contribution >= 4 is 31.8 Å². The van der Waals surface area contributed by atoms with E-state index in [9.17, 15) is 8.42 Å². The molecule has 13 heavy (non-hydrogen) atoms. The lowest BCUT2D eigenvalue weighted by atomic mass is 10.3. The predicted octanol–water partition coefficient (Wildman–Crippen LogP) is 1.09. The Balaban J connectivity index is 3.10. The highest BCUT2D eigenvalue weighted by Gasteiger charge is 2.11. The molecule has 0 bridgehead atoms. The van der Waals surface area contributed by atoms with E-state index in [-0.39, 0.29) is 0 Å². The zero-order valence-electron chi connectivity index (χ0n) is 6.94. The second kappa shape index (κ2) is 3.65. The summed E-state index contributed by atoms with van der Waals surface area (Å²) in [7, 11) is -2.26. The van der Waals surface area contributed by atoms with Crippen LogP contribution in [0.1, 0.15) is 0 Å². The van der Waals surface area contributed by atoms with Crippen LogP contribution in [0.4, 0.5) is 5.69 Å². The summed E-state index contributed by atoms with van der Waals surface area (Å²) in [4.78, 5) is 0. The van der Waals surface area contributed by atoms with Gasteiger partial charge in [-0.2, -0.15) is 8.42 Å². The quantitative estimate of drug-likeness (QED) is 0.869. The number of hydrogen-bond acceptors (Lipinski definition) is 2. The van der Waals surface area contributed by atoms with Crippen molar-refractivity contribution in [3.8, 4) is 0 Å². The summed E-state index contributed by atoms with van der Waals surface area (Å²) in [6.07, 6.45) is 0. The predicted molar refractivity (Wildman–Crippen MR) is 55.7 cm³/mol. The van der Waals surface area contributed by atoms with E-state index in [1.807, 2.05) is 0 Å². The fourth-order valence-corrected chi connectivity index (χ4v) is 1.61. The Hall–Kier alpha value is -0.590. The molecule has 0 heterocycles. The number of hydrogen-bond donors (Lipinski definition) is 1. The second-order valence-corrected chi connectivity index (χ2v) is 4.99. The number of anilines is 1. The molecule has 1 aromatic rings. The van der Waals surface area contributed by atoms with Crippen LogP contribution in [-0.2, 0) is 10.2 Å². The zero-order chi connectivity index (χ0) is 10.1. The average molecular weight is 265 g/mol. The molecule has 0 aliphatic carbocycles. The molecule has 0 spiro atoms. The van der Waals surface area contributed by atoms with E-state index in [0.29, 0.717) is 5.69 Å². The molecule has 72 valence electrons. The Morgan fingerprint density at radius 2 is 2.08 bits per heavy atom. The minimum atomic E-state index is -3.66. The first-order valence-corrected chi connectivity index (χ1v) is 5.73. The van der Waals surface area contributed by atoms with E-state index < -0.39 is 10.2 Å². The second-order valence-electron chi connectivity index (χ2n) is 2.49.